The van der Waals surface area contributed by atoms with Gasteiger partial charge in [0.1, 0.15) is 5.82 Å². The zero-order valence-electron chi connectivity index (χ0n) is 12.2. The van der Waals surface area contributed by atoms with Crippen LogP contribution in [0.15, 0.2) is 41.8 Å². The Hall–Kier alpha value is -1.65. The van der Waals surface area contributed by atoms with Crippen molar-refractivity contribution in [1.82, 2.24) is 9.55 Å². The molecule has 0 aliphatic rings. The standard InChI is InChI=1S/C17H20N2OS/c1-2-9-19-16-8-4-3-7-15(16)18-17(19)12-13(20)11-14-6-5-10-21-14/h3-8,10,13,20H,2,9,11-12H2,1H3. The summed E-state index contributed by atoms with van der Waals surface area (Å²) in [7, 11) is 0. The molecule has 3 rings (SSSR count). The van der Waals surface area contributed by atoms with Gasteiger partial charge in [-0.25, -0.2) is 4.98 Å². The molecule has 2 aromatic heterocycles. The number of imidazole rings is 1. The Balaban J connectivity index is 1.83. The van der Waals surface area contributed by atoms with Gasteiger partial charge >= 0.3 is 0 Å². The maximum absolute atomic E-state index is 10.3. The second kappa shape index (κ2) is 6.41. The second-order valence-electron chi connectivity index (χ2n) is 5.31. The lowest BCUT2D eigenvalue weighted by Crippen LogP contribution is -2.17. The Kier molecular flexibility index (Phi) is 4.36. The van der Waals surface area contributed by atoms with Crippen LogP contribution in [0, 0.1) is 0 Å². The Morgan fingerprint density at radius 2 is 2.05 bits per heavy atom. The molecule has 0 aliphatic heterocycles. The number of aryl methyl sites for hydroxylation is 1. The van der Waals surface area contributed by atoms with E-state index in [2.05, 4.69) is 23.6 Å². The number of benzene rings is 1. The molecule has 0 spiro atoms. The molecular weight excluding hydrogens is 280 g/mol. The van der Waals surface area contributed by atoms with Crippen LogP contribution >= 0.6 is 11.3 Å². The lowest BCUT2D eigenvalue weighted by atomic mass is 10.1. The van der Waals surface area contributed by atoms with Crippen LogP contribution in [0.25, 0.3) is 11.0 Å². The molecule has 0 bridgehead atoms. The highest BCUT2D eigenvalue weighted by Gasteiger charge is 2.14. The number of hydrogen-bond acceptors (Lipinski definition) is 3. The van der Waals surface area contributed by atoms with Gasteiger partial charge in [-0.2, -0.15) is 0 Å². The molecule has 1 atom stereocenters. The number of aliphatic hydroxyl groups is 1. The minimum Gasteiger partial charge on any atom is -0.392 e. The first-order chi connectivity index (χ1) is 10.3. The third-order valence-electron chi connectivity index (χ3n) is 3.62. The maximum Gasteiger partial charge on any atom is 0.112 e. The highest BCUT2D eigenvalue weighted by Crippen LogP contribution is 2.19. The minimum absolute atomic E-state index is 0.379. The summed E-state index contributed by atoms with van der Waals surface area (Å²) in [5.41, 5.74) is 2.18. The predicted octanol–water partition coefficient (Wildman–Crippen LogP) is 3.65. The summed E-state index contributed by atoms with van der Waals surface area (Å²) >= 11 is 1.69. The van der Waals surface area contributed by atoms with E-state index in [1.54, 1.807) is 11.3 Å². The molecule has 0 saturated carbocycles. The average molecular weight is 300 g/mol. The Labute approximate surface area is 128 Å². The highest BCUT2D eigenvalue weighted by atomic mass is 32.1. The van der Waals surface area contributed by atoms with Crippen molar-refractivity contribution in [1.29, 1.82) is 0 Å². The van der Waals surface area contributed by atoms with E-state index in [1.165, 1.54) is 4.88 Å². The first-order valence-electron chi connectivity index (χ1n) is 7.42. The zero-order chi connectivity index (χ0) is 14.7. The van der Waals surface area contributed by atoms with Gasteiger partial charge < -0.3 is 9.67 Å². The average Bonchev–Trinajstić information content (AvgIpc) is 3.08. The molecule has 0 fully saturated rings. The normalized spacial score (nSPS) is 12.9. The maximum atomic E-state index is 10.3. The van der Waals surface area contributed by atoms with Crippen LogP contribution in [0.3, 0.4) is 0 Å². The number of rotatable bonds is 6. The van der Waals surface area contributed by atoms with E-state index >= 15 is 0 Å². The Morgan fingerprint density at radius 3 is 2.81 bits per heavy atom. The number of hydrogen-bond donors (Lipinski definition) is 1. The van der Waals surface area contributed by atoms with Crippen LogP contribution in [-0.4, -0.2) is 20.8 Å². The largest absolute Gasteiger partial charge is 0.392 e. The summed E-state index contributed by atoms with van der Waals surface area (Å²) in [5.74, 6) is 0.988. The Morgan fingerprint density at radius 1 is 1.19 bits per heavy atom. The molecule has 0 radical (unpaired) electrons. The van der Waals surface area contributed by atoms with Gasteiger partial charge in [-0.3, -0.25) is 0 Å². The molecule has 0 saturated heterocycles. The van der Waals surface area contributed by atoms with Crippen molar-refractivity contribution in [2.24, 2.45) is 0 Å². The summed E-state index contributed by atoms with van der Waals surface area (Å²) < 4.78 is 2.24. The molecule has 0 amide bonds. The predicted molar refractivity (Wildman–Crippen MR) is 87.8 cm³/mol. The Bertz CT molecular complexity index is 703. The van der Waals surface area contributed by atoms with Crippen LogP contribution in [0.2, 0.25) is 0 Å². The summed E-state index contributed by atoms with van der Waals surface area (Å²) in [4.78, 5) is 5.93. The summed E-state index contributed by atoms with van der Waals surface area (Å²) in [5, 5.41) is 12.4. The van der Waals surface area contributed by atoms with E-state index in [1.807, 2.05) is 29.6 Å². The number of nitrogens with zero attached hydrogens (tertiary/aromatic N) is 2. The molecule has 4 heteroatoms. The SMILES string of the molecule is CCCn1c(CC(O)Cc2cccs2)nc2ccccc21. The molecule has 1 aromatic carbocycles. The molecule has 2 heterocycles. The summed E-state index contributed by atoms with van der Waals surface area (Å²) in [6, 6.07) is 12.3. The molecule has 3 aromatic rings. The smallest absolute Gasteiger partial charge is 0.112 e. The highest BCUT2D eigenvalue weighted by molar-refractivity contribution is 7.09. The zero-order valence-corrected chi connectivity index (χ0v) is 13.0. The lowest BCUT2D eigenvalue weighted by molar-refractivity contribution is 0.172. The van der Waals surface area contributed by atoms with Crippen LogP contribution in [0.5, 0.6) is 0 Å². The quantitative estimate of drug-likeness (QED) is 0.754. The minimum atomic E-state index is -0.379. The number of aromatic nitrogens is 2. The fourth-order valence-corrected chi connectivity index (χ4v) is 3.48. The van der Waals surface area contributed by atoms with Crippen molar-refractivity contribution in [3.63, 3.8) is 0 Å². The van der Waals surface area contributed by atoms with Crippen LogP contribution < -0.4 is 0 Å². The van der Waals surface area contributed by atoms with Gasteiger partial charge in [0.05, 0.1) is 17.1 Å². The monoisotopic (exact) mass is 300 g/mol. The van der Waals surface area contributed by atoms with Gasteiger partial charge in [-0.1, -0.05) is 25.1 Å². The van der Waals surface area contributed by atoms with E-state index < -0.39 is 0 Å². The van der Waals surface area contributed by atoms with E-state index in [-0.39, 0.29) is 6.10 Å². The number of thiophene rings is 1. The molecule has 1 unspecified atom stereocenters. The van der Waals surface area contributed by atoms with Crippen molar-refractivity contribution in [3.05, 3.63) is 52.5 Å². The van der Waals surface area contributed by atoms with Crippen LogP contribution in [0.4, 0.5) is 0 Å². The third kappa shape index (κ3) is 3.17. The van der Waals surface area contributed by atoms with Crippen molar-refractivity contribution in [2.75, 3.05) is 0 Å². The molecule has 110 valence electrons. The number of para-hydroxylation sites is 2. The third-order valence-corrected chi connectivity index (χ3v) is 4.51. The fraction of sp³-hybridized carbons (Fsp3) is 0.353. The van der Waals surface area contributed by atoms with Gasteiger partial charge in [0.15, 0.2) is 0 Å². The summed E-state index contributed by atoms with van der Waals surface area (Å²) in [6.07, 6.45) is 1.99. The number of aliphatic hydroxyl groups excluding tert-OH is 1. The van der Waals surface area contributed by atoms with E-state index in [0.29, 0.717) is 12.8 Å². The van der Waals surface area contributed by atoms with E-state index in [0.717, 1.165) is 29.8 Å². The van der Waals surface area contributed by atoms with E-state index in [9.17, 15) is 5.11 Å². The topological polar surface area (TPSA) is 38.0 Å². The first-order valence-corrected chi connectivity index (χ1v) is 8.30. The number of fused-ring (bicyclic) bond motifs is 1. The summed E-state index contributed by atoms with van der Waals surface area (Å²) in [6.45, 7) is 3.11. The van der Waals surface area contributed by atoms with Gasteiger partial charge in [0.2, 0.25) is 0 Å². The van der Waals surface area contributed by atoms with Gasteiger partial charge in [-0.05, 0) is 30.0 Å². The van der Waals surface area contributed by atoms with Gasteiger partial charge in [0, 0.05) is 24.3 Å². The van der Waals surface area contributed by atoms with Crippen LogP contribution in [-0.2, 0) is 19.4 Å². The molecule has 1 N–H and O–H groups in total. The molecule has 3 nitrogen and oxygen atoms in total. The van der Waals surface area contributed by atoms with Crippen LogP contribution in [0.1, 0.15) is 24.0 Å². The van der Waals surface area contributed by atoms with Crippen molar-refractivity contribution in [2.45, 2.75) is 38.8 Å². The molecule has 21 heavy (non-hydrogen) atoms. The van der Waals surface area contributed by atoms with Crippen molar-refractivity contribution < 1.29 is 5.11 Å². The lowest BCUT2D eigenvalue weighted by Gasteiger charge is -2.11. The molecule has 0 aliphatic carbocycles. The first kappa shape index (κ1) is 14.3. The van der Waals surface area contributed by atoms with Gasteiger partial charge in [0.25, 0.3) is 0 Å². The van der Waals surface area contributed by atoms with Crippen molar-refractivity contribution in [3.8, 4) is 0 Å². The molecular formula is C17H20N2OS. The van der Waals surface area contributed by atoms with Gasteiger partial charge in [-0.15, -0.1) is 11.3 Å². The second-order valence-corrected chi connectivity index (χ2v) is 6.34. The van der Waals surface area contributed by atoms with E-state index in [4.69, 9.17) is 4.98 Å². The fourth-order valence-electron chi connectivity index (χ4n) is 2.70. The van der Waals surface area contributed by atoms with Crippen molar-refractivity contribution >= 4 is 22.4 Å².